The third-order valence-electron chi connectivity index (χ3n) is 4.20. The molecule has 0 aliphatic carbocycles. The van der Waals surface area contributed by atoms with Gasteiger partial charge in [-0.25, -0.2) is 0 Å². The van der Waals surface area contributed by atoms with Crippen molar-refractivity contribution in [3.05, 3.63) is 12.2 Å². The summed E-state index contributed by atoms with van der Waals surface area (Å²) in [4.78, 5) is 22.6. The Morgan fingerprint density at radius 3 is 1.84 bits per heavy atom. The van der Waals surface area contributed by atoms with E-state index in [0.29, 0.717) is 6.42 Å². The van der Waals surface area contributed by atoms with Crippen LogP contribution in [-0.4, -0.2) is 17.2 Å². The highest BCUT2D eigenvalue weighted by Gasteiger charge is 2.14. The van der Waals surface area contributed by atoms with E-state index in [0.717, 1.165) is 25.7 Å². The Balaban J connectivity index is 3.29. The SMILES string of the molecule is CCCCCCCCC=CCCCCCCCC(=O)OC(=O)C(C)S. The van der Waals surface area contributed by atoms with E-state index in [-0.39, 0.29) is 0 Å². The Morgan fingerprint density at radius 1 is 0.840 bits per heavy atom. The van der Waals surface area contributed by atoms with Crippen LogP contribution in [0.25, 0.3) is 0 Å². The molecule has 0 rings (SSSR count). The molecule has 0 radical (unpaired) electrons. The zero-order valence-corrected chi connectivity index (χ0v) is 17.2. The first kappa shape index (κ1) is 24.2. The Kier molecular flexibility index (Phi) is 17.5. The van der Waals surface area contributed by atoms with E-state index < -0.39 is 17.2 Å². The highest BCUT2D eigenvalue weighted by molar-refractivity contribution is 7.81. The summed E-state index contributed by atoms with van der Waals surface area (Å²) in [7, 11) is 0. The van der Waals surface area contributed by atoms with Crippen LogP contribution in [0.2, 0.25) is 0 Å². The van der Waals surface area contributed by atoms with Gasteiger partial charge in [0.05, 0.1) is 5.25 Å². The van der Waals surface area contributed by atoms with E-state index in [4.69, 9.17) is 0 Å². The molecule has 0 N–H and O–H groups in total. The van der Waals surface area contributed by atoms with Crippen molar-refractivity contribution in [3.8, 4) is 0 Å². The largest absolute Gasteiger partial charge is 0.392 e. The molecular weight excluding hydrogens is 332 g/mol. The van der Waals surface area contributed by atoms with E-state index >= 15 is 0 Å². The number of hydrogen-bond donors (Lipinski definition) is 1. The molecule has 1 unspecified atom stereocenters. The molecule has 0 saturated heterocycles. The summed E-state index contributed by atoms with van der Waals surface area (Å²) in [5.74, 6) is -0.982. The Morgan fingerprint density at radius 2 is 1.32 bits per heavy atom. The van der Waals surface area contributed by atoms with Gasteiger partial charge in [-0.05, 0) is 39.0 Å². The van der Waals surface area contributed by atoms with Crippen molar-refractivity contribution >= 4 is 24.6 Å². The van der Waals surface area contributed by atoms with Crippen LogP contribution in [0, 0.1) is 0 Å². The smallest absolute Gasteiger partial charge is 0.326 e. The average molecular weight is 371 g/mol. The number of rotatable bonds is 16. The molecule has 146 valence electrons. The zero-order valence-electron chi connectivity index (χ0n) is 16.3. The number of ether oxygens (including phenoxy) is 1. The molecule has 0 aliphatic rings. The molecule has 0 heterocycles. The summed E-state index contributed by atoms with van der Waals surface area (Å²) < 4.78 is 4.67. The van der Waals surface area contributed by atoms with Crippen molar-refractivity contribution in [1.82, 2.24) is 0 Å². The number of carbonyl (C=O) groups is 2. The highest BCUT2D eigenvalue weighted by atomic mass is 32.1. The van der Waals surface area contributed by atoms with Gasteiger partial charge in [-0.2, -0.15) is 12.6 Å². The van der Waals surface area contributed by atoms with Gasteiger partial charge in [-0.15, -0.1) is 0 Å². The van der Waals surface area contributed by atoms with E-state index in [2.05, 4.69) is 36.4 Å². The molecule has 0 aliphatic heterocycles. The lowest BCUT2D eigenvalue weighted by Crippen LogP contribution is -2.19. The quantitative estimate of drug-likeness (QED) is 0.112. The lowest BCUT2D eigenvalue weighted by atomic mass is 10.1. The minimum Gasteiger partial charge on any atom is -0.392 e. The third-order valence-corrected chi connectivity index (χ3v) is 4.41. The van der Waals surface area contributed by atoms with Gasteiger partial charge in [0.15, 0.2) is 0 Å². The number of thiol groups is 1. The minimum atomic E-state index is -0.555. The van der Waals surface area contributed by atoms with Crippen LogP contribution in [0.5, 0.6) is 0 Å². The molecule has 0 aromatic carbocycles. The molecule has 0 fully saturated rings. The molecule has 0 spiro atoms. The van der Waals surface area contributed by atoms with Crippen molar-refractivity contribution in [2.24, 2.45) is 0 Å². The summed E-state index contributed by atoms with van der Waals surface area (Å²) in [6, 6.07) is 0. The second-order valence-electron chi connectivity index (χ2n) is 6.80. The molecule has 3 nitrogen and oxygen atoms in total. The van der Waals surface area contributed by atoms with Crippen LogP contribution in [0.1, 0.15) is 104 Å². The second-order valence-corrected chi connectivity index (χ2v) is 7.58. The predicted molar refractivity (Wildman–Crippen MR) is 109 cm³/mol. The van der Waals surface area contributed by atoms with Gasteiger partial charge in [0.2, 0.25) is 0 Å². The van der Waals surface area contributed by atoms with Crippen molar-refractivity contribution in [2.75, 3.05) is 0 Å². The van der Waals surface area contributed by atoms with E-state index in [9.17, 15) is 9.59 Å². The molecule has 0 aromatic heterocycles. The molecule has 1 atom stereocenters. The van der Waals surface area contributed by atoms with Gasteiger partial charge in [-0.3, -0.25) is 9.59 Å². The number of allylic oxidation sites excluding steroid dienone is 2. The normalized spacial score (nSPS) is 12.4. The van der Waals surface area contributed by atoms with Crippen LogP contribution in [0.15, 0.2) is 12.2 Å². The first-order valence-electron chi connectivity index (χ1n) is 10.2. The van der Waals surface area contributed by atoms with E-state index in [1.54, 1.807) is 6.92 Å². The van der Waals surface area contributed by atoms with Crippen molar-refractivity contribution < 1.29 is 14.3 Å². The minimum absolute atomic E-state index is 0.324. The van der Waals surface area contributed by atoms with E-state index in [1.165, 1.54) is 57.8 Å². The number of hydrogen-bond acceptors (Lipinski definition) is 4. The molecule has 25 heavy (non-hydrogen) atoms. The number of unbranched alkanes of at least 4 members (excludes halogenated alkanes) is 11. The predicted octanol–water partition coefficient (Wildman–Crippen LogP) is 6.41. The molecule has 4 heteroatoms. The zero-order chi connectivity index (χ0) is 18.8. The maximum atomic E-state index is 11.4. The molecule has 0 aromatic rings. The summed E-state index contributed by atoms with van der Waals surface area (Å²) >= 11 is 3.94. The second kappa shape index (κ2) is 18.0. The van der Waals surface area contributed by atoms with Crippen molar-refractivity contribution in [1.29, 1.82) is 0 Å². The van der Waals surface area contributed by atoms with Gasteiger partial charge in [0.1, 0.15) is 0 Å². The topological polar surface area (TPSA) is 43.4 Å². The molecular formula is C21H38O3S. The average Bonchev–Trinajstić information content (AvgIpc) is 2.58. The molecule has 0 saturated carbocycles. The Labute approximate surface area is 160 Å². The summed E-state index contributed by atoms with van der Waals surface area (Å²) in [5, 5.41) is -0.543. The van der Waals surface area contributed by atoms with Crippen LogP contribution in [0.3, 0.4) is 0 Å². The van der Waals surface area contributed by atoms with E-state index in [1.807, 2.05) is 0 Å². The fraction of sp³-hybridized carbons (Fsp3) is 0.810. The van der Waals surface area contributed by atoms with Gasteiger partial charge in [0.25, 0.3) is 0 Å². The van der Waals surface area contributed by atoms with Crippen LogP contribution in [0.4, 0.5) is 0 Å². The fourth-order valence-corrected chi connectivity index (χ4v) is 2.64. The maximum absolute atomic E-state index is 11.4. The highest BCUT2D eigenvalue weighted by Crippen LogP contribution is 2.10. The third kappa shape index (κ3) is 17.8. The van der Waals surface area contributed by atoms with Gasteiger partial charge >= 0.3 is 11.9 Å². The van der Waals surface area contributed by atoms with Crippen molar-refractivity contribution in [2.45, 2.75) is 109 Å². The van der Waals surface area contributed by atoms with Gasteiger partial charge in [-0.1, -0.05) is 70.4 Å². The lowest BCUT2D eigenvalue weighted by Gasteiger charge is -2.04. The first-order valence-corrected chi connectivity index (χ1v) is 10.7. The molecule has 0 amide bonds. The Bertz CT molecular complexity index is 364. The van der Waals surface area contributed by atoms with Crippen LogP contribution < -0.4 is 0 Å². The standard InChI is InChI=1S/C21H38O3S/c1-3-4-5-6-7-8-9-10-11-12-13-14-15-16-17-18-20(22)24-21(23)19(2)25/h10-11,19,25H,3-9,12-18H2,1-2H3. The summed E-state index contributed by atoms with van der Waals surface area (Å²) in [6.45, 7) is 3.85. The lowest BCUT2D eigenvalue weighted by molar-refractivity contribution is -0.159. The molecule has 0 bridgehead atoms. The fourth-order valence-electron chi connectivity index (χ4n) is 2.59. The van der Waals surface area contributed by atoms with Crippen molar-refractivity contribution in [3.63, 3.8) is 0 Å². The summed E-state index contributed by atoms with van der Waals surface area (Å²) in [6.07, 6.45) is 20.9. The van der Waals surface area contributed by atoms with Gasteiger partial charge in [0, 0.05) is 6.42 Å². The summed E-state index contributed by atoms with van der Waals surface area (Å²) in [5.41, 5.74) is 0. The Hall–Kier alpha value is -0.770. The monoisotopic (exact) mass is 370 g/mol. The van der Waals surface area contributed by atoms with Gasteiger partial charge < -0.3 is 4.74 Å². The maximum Gasteiger partial charge on any atom is 0.326 e. The van der Waals surface area contributed by atoms with Crippen LogP contribution >= 0.6 is 12.6 Å². The number of esters is 2. The number of carbonyl (C=O) groups excluding carboxylic acids is 2. The van der Waals surface area contributed by atoms with Crippen LogP contribution in [-0.2, 0) is 14.3 Å². The first-order chi connectivity index (χ1) is 12.1.